The maximum Gasteiger partial charge on any atom is 0.418 e. The summed E-state index contributed by atoms with van der Waals surface area (Å²) in [6.07, 6.45) is -1.46. The molecule has 0 amide bonds. The second kappa shape index (κ2) is 2.95. The van der Waals surface area contributed by atoms with E-state index >= 15 is 0 Å². The van der Waals surface area contributed by atoms with E-state index in [9.17, 15) is 13.2 Å². The molecule has 2 N–H and O–H groups in total. The quantitative estimate of drug-likeness (QED) is 0.755. The summed E-state index contributed by atoms with van der Waals surface area (Å²) < 4.78 is 37.4. The van der Waals surface area contributed by atoms with E-state index in [0.29, 0.717) is 6.42 Å². The molecule has 1 saturated carbocycles. The number of nitrogens with two attached hydrogens (primary N) is 1. The van der Waals surface area contributed by atoms with E-state index in [1.807, 2.05) is 0 Å². The van der Waals surface area contributed by atoms with Crippen molar-refractivity contribution in [3.63, 3.8) is 0 Å². The van der Waals surface area contributed by atoms with Crippen LogP contribution < -0.4 is 5.73 Å². The molecule has 2 rings (SSSR count). The van der Waals surface area contributed by atoms with Gasteiger partial charge in [-0.25, -0.2) is 0 Å². The zero-order chi connectivity index (χ0) is 10.3. The first-order chi connectivity index (χ1) is 6.50. The smallest absolute Gasteiger partial charge is 0.327 e. The Bertz CT molecular complexity index is 348. The highest BCUT2D eigenvalue weighted by atomic mass is 19.4. The van der Waals surface area contributed by atoms with Gasteiger partial charge in [0.05, 0.1) is 5.56 Å². The van der Waals surface area contributed by atoms with E-state index in [4.69, 9.17) is 5.73 Å². The SMILES string of the molecule is NC1CC1c1ccncc1C(F)(F)F. The topological polar surface area (TPSA) is 38.9 Å². The Morgan fingerprint density at radius 1 is 1.43 bits per heavy atom. The number of halogens is 3. The van der Waals surface area contributed by atoms with Gasteiger partial charge >= 0.3 is 6.18 Å². The van der Waals surface area contributed by atoms with Crippen LogP contribution in [0.3, 0.4) is 0 Å². The number of alkyl halides is 3. The van der Waals surface area contributed by atoms with E-state index in [-0.39, 0.29) is 17.5 Å². The minimum Gasteiger partial charge on any atom is -0.327 e. The van der Waals surface area contributed by atoms with Crippen LogP contribution >= 0.6 is 0 Å². The van der Waals surface area contributed by atoms with E-state index in [1.54, 1.807) is 0 Å². The summed E-state index contributed by atoms with van der Waals surface area (Å²) in [5, 5.41) is 0. The molecule has 1 aromatic rings. The number of hydrogen-bond acceptors (Lipinski definition) is 2. The van der Waals surface area contributed by atoms with Crippen molar-refractivity contribution in [3.05, 3.63) is 29.6 Å². The fourth-order valence-electron chi connectivity index (χ4n) is 1.54. The largest absolute Gasteiger partial charge is 0.418 e. The summed E-state index contributed by atoms with van der Waals surface area (Å²) >= 11 is 0. The van der Waals surface area contributed by atoms with Gasteiger partial charge in [-0.3, -0.25) is 4.98 Å². The highest BCUT2D eigenvalue weighted by Gasteiger charge is 2.42. The highest BCUT2D eigenvalue weighted by Crippen LogP contribution is 2.44. The lowest BCUT2D eigenvalue weighted by atomic mass is 10.1. The third-order valence-electron chi connectivity index (χ3n) is 2.40. The standard InChI is InChI=1S/C9H9F3N2/c10-9(11,12)7-4-14-2-1-5(7)6-3-8(6)13/h1-2,4,6,8H,3,13H2. The Labute approximate surface area is 78.9 Å². The van der Waals surface area contributed by atoms with Gasteiger partial charge in [0, 0.05) is 24.4 Å². The van der Waals surface area contributed by atoms with Crippen LogP contribution in [0.5, 0.6) is 0 Å². The first-order valence-corrected chi connectivity index (χ1v) is 4.27. The number of rotatable bonds is 1. The predicted molar refractivity (Wildman–Crippen MR) is 44.6 cm³/mol. The van der Waals surface area contributed by atoms with Gasteiger partial charge in [0.2, 0.25) is 0 Å². The number of nitrogens with zero attached hydrogens (tertiary/aromatic N) is 1. The molecular formula is C9H9F3N2. The summed E-state index contributed by atoms with van der Waals surface area (Å²) in [5.74, 6) is -0.144. The van der Waals surface area contributed by atoms with Crippen molar-refractivity contribution in [2.75, 3.05) is 0 Å². The van der Waals surface area contributed by atoms with Crippen molar-refractivity contribution in [2.45, 2.75) is 24.6 Å². The van der Waals surface area contributed by atoms with Gasteiger partial charge in [0.25, 0.3) is 0 Å². The van der Waals surface area contributed by atoms with Gasteiger partial charge in [-0.1, -0.05) is 0 Å². The summed E-state index contributed by atoms with van der Waals surface area (Å²) in [6.45, 7) is 0. The van der Waals surface area contributed by atoms with Gasteiger partial charge in [-0.05, 0) is 18.1 Å². The Balaban J connectivity index is 2.39. The van der Waals surface area contributed by atoms with E-state index < -0.39 is 11.7 Å². The molecule has 0 saturated heterocycles. The molecular weight excluding hydrogens is 193 g/mol. The van der Waals surface area contributed by atoms with Crippen molar-refractivity contribution >= 4 is 0 Å². The van der Waals surface area contributed by atoms with Crippen molar-refractivity contribution in [3.8, 4) is 0 Å². The van der Waals surface area contributed by atoms with Crippen LogP contribution in [0.15, 0.2) is 18.5 Å². The Morgan fingerprint density at radius 3 is 2.57 bits per heavy atom. The fraction of sp³-hybridized carbons (Fsp3) is 0.444. The number of aromatic nitrogens is 1. The molecule has 0 bridgehead atoms. The fourth-order valence-corrected chi connectivity index (χ4v) is 1.54. The van der Waals surface area contributed by atoms with Crippen LogP contribution in [0.1, 0.15) is 23.5 Å². The second-order valence-corrected chi connectivity index (χ2v) is 3.47. The lowest BCUT2D eigenvalue weighted by Crippen LogP contribution is -2.11. The molecule has 1 aromatic heterocycles. The minimum atomic E-state index is -4.33. The Morgan fingerprint density at radius 2 is 2.07 bits per heavy atom. The van der Waals surface area contributed by atoms with Crippen LogP contribution in [0.2, 0.25) is 0 Å². The first-order valence-electron chi connectivity index (χ1n) is 4.27. The van der Waals surface area contributed by atoms with Crippen molar-refractivity contribution in [2.24, 2.45) is 5.73 Å². The lowest BCUT2D eigenvalue weighted by molar-refractivity contribution is -0.138. The number of pyridine rings is 1. The monoisotopic (exact) mass is 202 g/mol. The van der Waals surface area contributed by atoms with Gasteiger partial charge in [0.15, 0.2) is 0 Å². The van der Waals surface area contributed by atoms with Gasteiger partial charge < -0.3 is 5.73 Å². The van der Waals surface area contributed by atoms with E-state index in [2.05, 4.69) is 4.98 Å². The maximum atomic E-state index is 12.5. The minimum absolute atomic E-state index is 0.126. The summed E-state index contributed by atoms with van der Waals surface area (Å²) in [4.78, 5) is 3.49. The van der Waals surface area contributed by atoms with Gasteiger partial charge in [-0.2, -0.15) is 13.2 Å². The zero-order valence-corrected chi connectivity index (χ0v) is 7.25. The molecule has 0 aromatic carbocycles. The molecule has 0 aliphatic heterocycles. The molecule has 5 heteroatoms. The maximum absolute atomic E-state index is 12.5. The molecule has 76 valence electrons. The van der Waals surface area contributed by atoms with E-state index in [0.717, 1.165) is 6.20 Å². The van der Waals surface area contributed by atoms with Crippen LogP contribution in [-0.2, 0) is 6.18 Å². The third-order valence-corrected chi connectivity index (χ3v) is 2.40. The number of hydrogen-bond donors (Lipinski definition) is 1. The summed E-state index contributed by atoms with van der Waals surface area (Å²) in [6, 6.07) is 1.28. The summed E-state index contributed by atoms with van der Waals surface area (Å²) in [7, 11) is 0. The highest BCUT2D eigenvalue weighted by molar-refractivity contribution is 5.35. The Kier molecular flexibility index (Phi) is 1.99. The first kappa shape index (κ1) is 9.45. The molecule has 0 spiro atoms. The summed E-state index contributed by atoms with van der Waals surface area (Å²) in [5.41, 5.74) is 5.15. The lowest BCUT2D eigenvalue weighted by Gasteiger charge is -2.10. The zero-order valence-electron chi connectivity index (χ0n) is 7.25. The van der Waals surface area contributed by atoms with Crippen LogP contribution in [0.25, 0.3) is 0 Å². The molecule has 2 nitrogen and oxygen atoms in total. The average molecular weight is 202 g/mol. The van der Waals surface area contributed by atoms with Crippen molar-refractivity contribution in [1.82, 2.24) is 4.98 Å². The van der Waals surface area contributed by atoms with Crippen LogP contribution in [-0.4, -0.2) is 11.0 Å². The Hall–Kier alpha value is -1.10. The molecule has 2 atom stereocenters. The third kappa shape index (κ3) is 1.59. The molecule has 0 radical (unpaired) electrons. The molecule has 1 fully saturated rings. The van der Waals surface area contributed by atoms with Crippen molar-refractivity contribution in [1.29, 1.82) is 0 Å². The molecule has 1 heterocycles. The molecule has 2 unspecified atom stereocenters. The molecule has 1 aliphatic carbocycles. The molecule has 14 heavy (non-hydrogen) atoms. The van der Waals surface area contributed by atoms with Crippen LogP contribution in [0, 0.1) is 0 Å². The average Bonchev–Trinajstić information content (AvgIpc) is 2.81. The van der Waals surface area contributed by atoms with Crippen molar-refractivity contribution < 1.29 is 13.2 Å². The van der Waals surface area contributed by atoms with E-state index in [1.165, 1.54) is 12.3 Å². The molecule has 1 aliphatic rings. The predicted octanol–water partition coefficient (Wildman–Crippen LogP) is 1.92. The normalized spacial score (nSPS) is 26.3. The van der Waals surface area contributed by atoms with Crippen LogP contribution in [0.4, 0.5) is 13.2 Å². The van der Waals surface area contributed by atoms with Gasteiger partial charge in [-0.15, -0.1) is 0 Å². The second-order valence-electron chi connectivity index (χ2n) is 3.47. The van der Waals surface area contributed by atoms with Gasteiger partial charge in [0.1, 0.15) is 0 Å².